The number of nitrogens with zero attached hydrogens (tertiary/aromatic N) is 1. The van der Waals surface area contributed by atoms with Crippen LogP contribution in [0.1, 0.15) is 17.5 Å². The van der Waals surface area contributed by atoms with E-state index in [0.717, 1.165) is 21.4 Å². The second-order valence-electron chi connectivity index (χ2n) is 5.17. The molecule has 1 aliphatic heterocycles. The molecule has 1 fully saturated rings. The minimum absolute atomic E-state index is 0.0114. The lowest BCUT2D eigenvalue weighted by Crippen LogP contribution is -2.47. The smallest absolute Gasteiger partial charge is 0.305 e. The van der Waals surface area contributed by atoms with Crippen LogP contribution >= 0.6 is 27.7 Å². The maximum absolute atomic E-state index is 12.5. The third-order valence-corrected chi connectivity index (χ3v) is 5.50. The SMILES string of the molecule is Cc1ccc(CC(=O)N2CCSCC2CC(=O)O)cc1Br. The fourth-order valence-electron chi connectivity index (χ4n) is 2.38. The molecule has 0 aliphatic carbocycles. The van der Waals surface area contributed by atoms with Crippen LogP contribution in [0.4, 0.5) is 0 Å². The van der Waals surface area contributed by atoms with Crippen molar-refractivity contribution in [3.05, 3.63) is 33.8 Å². The van der Waals surface area contributed by atoms with E-state index in [1.165, 1.54) is 0 Å². The van der Waals surface area contributed by atoms with E-state index in [1.54, 1.807) is 16.7 Å². The molecular weight excluding hydrogens is 354 g/mol. The van der Waals surface area contributed by atoms with E-state index in [2.05, 4.69) is 15.9 Å². The van der Waals surface area contributed by atoms with Gasteiger partial charge < -0.3 is 10.0 Å². The number of carbonyl (C=O) groups is 2. The molecule has 1 aromatic carbocycles. The van der Waals surface area contributed by atoms with Gasteiger partial charge in [-0.15, -0.1) is 0 Å². The molecule has 4 nitrogen and oxygen atoms in total. The van der Waals surface area contributed by atoms with Crippen molar-refractivity contribution in [3.63, 3.8) is 0 Å². The molecule has 1 aromatic rings. The average Bonchev–Trinajstić information content (AvgIpc) is 2.43. The van der Waals surface area contributed by atoms with E-state index in [9.17, 15) is 9.59 Å². The molecule has 0 saturated carbocycles. The maximum atomic E-state index is 12.5. The molecule has 1 unspecified atom stereocenters. The Morgan fingerprint density at radius 3 is 2.90 bits per heavy atom. The standard InChI is InChI=1S/C15H18BrNO3S/c1-10-2-3-11(6-13(10)16)7-14(18)17-4-5-21-9-12(17)8-15(19)20/h2-3,6,12H,4-5,7-9H2,1H3,(H,19,20). The van der Waals surface area contributed by atoms with Crippen molar-refractivity contribution in [3.8, 4) is 0 Å². The van der Waals surface area contributed by atoms with Gasteiger partial charge in [-0.1, -0.05) is 28.1 Å². The number of amides is 1. The fraction of sp³-hybridized carbons (Fsp3) is 0.467. The van der Waals surface area contributed by atoms with Crippen LogP contribution < -0.4 is 0 Å². The van der Waals surface area contributed by atoms with Crippen LogP contribution in [0.15, 0.2) is 22.7 Å². The first-order valence-corrected chi connectivity index (χ1v) is 8.76. The summed E-state index contributed by atoms with van der Waals surface area (Å²) in [5, 5.41) is 8.97. The predicted octanol–water partition coefficient (Wildman–Crippen LogP) is 2.72. The van der Waals surface area contributed by atoms with Gasteiger partial charge in [0.25, 0.3) is 0 Å². The molecule has 1 saturated heterocycles. The molecule has 2 rings (SSSR count). The summed E-state index contributed by atoms with van der Waals surface area (Å²) >= 11 is 5.18. The second kappa shape index (κ2) is 7.31. The van der Waals surface area contributed by atoms with Crippen LogP contribution in [-0.4, -0.2) is 46.0 Å². The Bertz CT molecular complexity index is 550. The molecule has 0 radical (unpaired) electrons. The summed E-state index contributed by atoms with van der Waals surface area (Å²) in [6.45, 7) is 2.63. The van der Waals surface area contributed by atoms with Gasteiger partial charge in [0, 0.05) is 22.5 Å². The van der Waals surface area contributed by atoms with Gasteiger partial charge in [0.1, 0.15) is 0 Å². The van der Waals surface area contributed by atoms with E-state index < -0.39 is 5.97 Å². The van der Waals surface area contributed by atoms with Crippen molar-refractivity contribution in [1.82, 2.24) is 4.90 Å². The lowest BCUT2D eigenvalue weighted by molar-refractivity contribution is -0.140. The molecule has 0 spiro atoms. The number of hydrogen-bond acceptors (Lipinski definition) is 3. The van der Waals surface area contributed by atoms with E-state index >= 15 is 0 Å². The first-order valence-electron chi connectivity index (χ1n) is 6.81. The van der Waals surface area contributed by atoms with Gasteiger partial charge in [-0.05, 0) is 24.1 Å². The minimum Gasteiger partial charge on any atom is -0.481 e. The number of aryl methyl sites for hydroxylation is 1. The predicted molar refractivity (Wildman–Crippen MR) is 87.7 cm³/mol. The number of aliphatic carboxylic acids is 1. The molecular formula is C15H18BrNO3S. The van der Waals surface area contributed by atoms with Crippen molar-refractivity contribution in [1.29, 1.82) is 0 Å². The highest BCUT2D eigenvalue weighted by atomic mass is 79.9. The summed E-state index contributed by atoms with van der Waals surface area (Å²) in [7, 11) is 0. The van der Waals surface area contributed by atoms with Crippen LogP contribution in [-0.2, 0) is 16.0 Å². The van der Waals surface area contributed by atoms with Gasteiger partial charge in [-0.2, -0.15) is 11.8 Å². The summed E-state index contributed by atoms with van der Waals surface area (Å²) in [5.41, 5.74) is 2.08. The fourth-order valence-corrected chi connectivity index (χ4v) is 3.86. The van der Waals surface area contributed by atoms with Gasteiger partial charge in [0.05, 0.1) is 18.9 Å². The highest BCUT2D eigenvalue weighted by Gasteiger charge is 2.28. The Morgan fingerprint density at radius 2 is 2.24 bits per heavy atom. The molecule has 1 atom stereocenters. The van der Waals surface area contributed by atoms with Crippen molar-refractivity contribution in [2.24, 2.45) is 0 Å². The second-order valence-corrected chi connectivity index (χ2v) is 7.18. The highest BCUT2D eigenvalue weighted by molar-refractivity contribution is 9.10. The maximum Gasteiger partial charge on any atom is 0.305 e. The summed E-state index contributed by atoms with van der Waals surface area (Å²) < 4.78 is 0.990. The molecule has 1 N–H and O–H groups in total. The summed E-state index contributed by atoms with van der Waals surface area (Å²) in [5.74, 6) is 0.741. The third-order valence-electron chi connectivity index (χ3n) is 3.55. The zero-order valence-corrected chi connectivity index (χ0v) is 14.2. The molecule has 0 bridgehead atoms. The third kappa shape index (κ3) is 4.48. The molecule has 1 amide bonds. The Labute approximate surface area is 137 Å². The van der Waals surface area contributed by atoms with Gasteiger partial charge >= 0.3 is 5.97 Å². The highest BCUT2D eigenvalue weighted by Crippen LogP contribution is 2.22. The van der Waals surface area contributed by atoms with Crippen molar-refractivity contribution in [2.45, 2.75) is 25.8 Å². The lowest BCUT2D eigenvalue weighted by atomic mass is 10.1. The van der Waals surface area contributed by atoms with E-state index in [1.807, 2.05) is 25.1 Å². The number of thioether (sulfide) groups is 1. The van der Waals surface area contributed by atoms with Crippen LogP contribution in [0.25, 0.3) is 0 Å². The van der Waals surface area contributed by atoms with Gasteiger partial charge in [0.2, 0.25) is 5.91 Å². The van der Waals surface area contributed by atoms with Gasteiger partial charge in [0.15, 0.2) is 0 Å². The summed E-state index contributed by atoms with van der Waals surface area (Å²) in [6.07, 6.45) is 0.343. The average molecular weight is 372 g/mol. The lowest BCUT2D eigenvalue weighted by Gasteiger charge is -2.34. The minimum atomic E-state index is -0.849. The van der Waals surface area contributed by atoms with Crippen molar-refractivity contribution < 1.29 is 14.7 Å². The Morgan fingerprint density at radius 1 is 1.48 bits per heavy atom. The molecule has 6 heteroatoms. The zero-order valence-electron chi connectivity index (χ0n) is 11.8. The van der Waals surface area contributed by atoms with Crippen LogP contribution in [0.3, 0.4) is 0 Å². The Balaban J connectivity index is 2.06. The number of carboxylic acid groups (broad SMARTS) is 1. The largest absolute Gasteiger partial charge is 0.481 e. The topological polar surface area (TPSA) is 57.6 Å². The van der Waals surface area contributed by atoms with E-state index in [4.69, 9.17) is 5.11 Å². The van der Waals surface area contributed by atoms with Crippen LogP contribution in [0.5, 0.6) is 0 Å². The molecule has 21 heavy (non-hydrogen) atoms. The first kappa shape index (κ1) is 16.4. The number of halogens is 1. The zero-order chi connectivity index (χ0) is 15.4. The molecule has 0 aromatic heterocycles. The number of carbonyl (C=O) groups excluding carboxylic acids is 1. The number of rotatable bonds is 4. The monoisotopic (exact) mass is 371 g/mol. The summed E-state index contributed by atoms with van der Waals surface area (Å²) in [4.78, 5) is 25.1. The summed E-state index contributed by atoms with van der Waals surface area (Å²) in [6, 6.07) is 5.69. The van der Waals surface area contributed by atoms with Crippen molar-refractivity contribution >= 4 is 39.6 Å². The van der Waals surface area contributed by atoms with Gasteiger partial charge in [-0.3, -0.25) is 9.59 Å². The number of benzene rings is 1. The van der Waals surface area contributed by atoms with Gasteiger partial charge in [-0.25, -0.2) is 0 Å². The quantitative estimate of drug-likeness (QED) is 0.883. The Kier molecular flexibility index (Phi) is 5.70. The Hall–Kier alpha value is -1.01. The first-order chi connectivity index (χ1) is 9.97. The molecule has 1 heterocycles. The van der Waals surface area contributed by atoms with E-state index in [0.29, 0.717) is 18.7 Å². The normalized spacial score (nSPS) is 18.6. The van der Waals surface area contributed by atoms with Crippen LogP contribution in [0.2, 0.25) is 0 Å². The van der Waals surface area contributed by atoms with Crippen LogP contribution in [0, 0.1) is 6.92 Å². The molecule has 1 aliphatic rings. The number of carboxylic acids is 1. The molecule has 114 valence electrons. The number of hydrogen-bond donors (Lipinski definition) is 1. The van der Waals surface area contributed by atoms with Crippen molar-refractivity contribution in [2.75, 3.05) is 18.1 Å². The van der Waals surface area contributed by atoms with E-state index in [-0.39, 0.29) is 18.4 Å².